The molecular weight excluding hydrogens is 333 g/mol. The number of nitrogens with one attached hydrogen (secondary N) is 1. The first-order valence-electron chi connectivity index (χ1n) is 9.20. The lowest BCUT2D eigenvalue weighted by atomic mass is 9.92. The maximum absolute atomic E-state index is 14.3. The lowest BCUT2D eigenvalue weighted by Gasteiger charge is -2.36. The van der Waals surface area contributed by atoms with Gasteiger partial charge in [0.05, 0.1) is 12.2 Å². The molecule has 0 spiro atoms. The number of Topliss-reactive ketones (excluding diaryl/α,β-unsaturated/α-hetero) is 1. The van der Waals surface area contributed by atoms with Gasteiger partial charge in [-0.15, -0.1) is 0 Å². The normalized spacial score (nSPS) is 15.8. The van der Waals surface area contributed by atoms with E-state index in [1.54, 1.807) is 12.1 Å². The van der Waals surface area contributed by atoms with Crippen LogP contribution in [0.2, 0.25) is 0 Å². The average molecular weight is 363 g/mol. The first-order chi connectivity index (χ1) is 12.2. The standard InChI is InChI=1S/C20H30FN3O2/c1-15(25)16-5-6-18(17(21)13-16)24-11-9-23(10-12-24)14-19(26)22-8-7-20(2,3)4/h5-6,13H,7-12,14H2,1-4H3,(H,22,26). The molecule has 26 heavy (non-hydrogen) atoms. The fraction of sp³-hybridized carbons (Fsp3) is 0.600. The van der Waals surface area contributed by atoms with E-state index in [0.29, 0.717) is 50.5 Å². The van der Waals surface area contributed by atoms with Gasteiger partial charge in [-0.1, -0.05) is 20.8 Å². The third kappa shape index (κ3) is 6.09. The van der Waals surface area contributed by atoms with Crippen LogP contribution in [-0.4, -0.2) is 55.9 Å². The van der Waals surface area contributed by atoms with Crippen molar-refractivity contribution in [3.63, 3.8) is 0 Å². The molecule has 1 aromatic carbocycles. The number of anilines is 1. The van der Waals surface area contributed by atoms with Crippen molar-refractivity contribution in [2.24, 2.45) is 5.41 Å². The van der Waals surface area contributed by atoms with Crippen LogP contribution in [0.1, 0.15) is 44.5 Å². The number of carbonyl (C=O) groups excluding carboxylic acids is 2. The van der Waals surface area contributed by atoms with Gasteiger partial charge in [-0.2, -0.15) is 0 Å². The highest BCUT2D eigenvalue weighted by Gasteiger charge is 2.21. The van der Waals surface area contributed by atoms with Crippen molar-refractivity contribution in [2.75, 3.05) is 44.2 Å². The maximum Gasteiger partial charge on any atom is 0.234 e. The molecule has 2 rings (SSSR count). The molecule has 0 unspecified atom stereocenters. The molecule has 1 aliphatic rings. The molecule has 1 aliphatic heterocycles. The van der Waals surface area contributed by atoms with Crippen molar-refractivity contribution < 1.29 is 14.0 Å². The van der Waals surface area contributed by atoms with Gasteiger partial charge in [-0.25, -0.2) is 4.39 Å². The minimum absolute atomic E-state index is 0.0414. The Hall–Kier alpha value is -1.95. The Labute approximate surface area is 155 Å². The Bertz CT molecular complexity index is 647. The highest BCUT2D eigenvalue weighted by molar-refractivity contribution is 5.94. The van der Waals surface area contributed by atoms with E-state index in [9.17, 15) is 14.0 Å². The Balaban J connectivity index is 1.80. The first kappa shape index (κ1) is 20.4. The van der Waals surface area contributed by atoms with Gasteiger partial charge >= 0.3 is 0 Å². The van der Waals surface area contributed by atoms with Gasteiger partial charge in [0.15, 0.2) is 5.78 Å². The van der Waals surface area contributed by atoms with Gasteiger partial charge in [0.2, 0.25) is 5.91 Å². The second-order valence-electron chi connectivity index (χ2n) is 8.15. The number of ketones is 1. The summed E-state index contributed by atoms with van der Waals surface area (Å²) in [7, 11) is 0. The van der Waals surface area contributed by atoms with Crippen LogP contribution in [0, 0.1) is 11.2 Å². The molecule has 1 heterocycles. The fourth-order valence-corrected chi connectivity index (χ4v) is 2.97. The summed E-state index contributed by atoms with van der Waals surface area (Å²) in [5.74, 6) is -0.469. The zero-order valence-corrected chi connectivity index (χ0v) is 16.3. The number of piperazine rings is 1. The molecule has 5 nitrogen and oxygen atoms in total. The quantitative estimate of drug-likeness (QED) is 0.790. The topological polar surface area (TPSA) is 52.7 Å². The van der Waals surface area contributed by atoms with Crippen molar-refractivity contribution in [1.29, 1.82) is 0 Å². The Morgan fingerprint density at radius 2 is 1.81 bits per heavy atom. The molecule has 0 aromatic heterocycles. The zero-order valence-electron chi connectivity index (χ0n) is 16.3. The van der Waals surface area contributed by atoms with Crippen LogP contribution >= 0.6 is 0 Å². The summed E-state index contributed by atoms with van der Waals surface area (Å²) < 4.78 is 14.3. The lowest BCUT2D eigenvalue weighted by molar-refractivity contribution is -0.122. The van der Waals surface area contributed by atoms with Crippen molar-refractivity contribution in [3.8, 4) is 0 Å². The van der Waals surface area contributed by atoms with E-state index in [1.165, 1.54) is 13.0 Å². The third-order valence-corrected chi connectivity index (χ3v) is 4.63. The molecular formula is C20H30FN3O2. The molecule has 144 valence electrons. The number of amides is 1. The summed E-state index contributed by atoms with van der Waals surface area (Å²) in [5, 5.41) is 2.97. The monoisotopic (exact) mass is 363 g/mol. The van der Waals surface area contributed by atoms with Gasteiger partial charge in [0, 0.05) is 38.3 Å². The largest absolute Gasteiger partial charge is 0.367 e. The zero-order chi connectivity index (χ0) is 19.3. The van der Waals surface area contributed by atoms with Crippen LogP contribution in [-0.2, 0) is 4.79 Å². The molecule has 0 bridgehead atoms. The highest BCUT2D eigenvalue weighted by Crippen LogP contribution is 2.22. The van der Waals surface area contributed by atoms with E-state index in [1.807, 2.05) is 4.90 Å². The molecule has 0 radical (unpaired) electrons. The number of halogens is 1. The first-order valence-corrected chi connectivity index (χ1v) is 9.20. The van der Waals surface area contributed by atoms with Crippen molar-refractivity contribution in [1.82, 2.24) is 10.2 Å². The smallest absolute Gasteiger partial charge is 0.234 e. The van der Waals surface area contributed by atoms with Gasteiger partial charge in [0.1, 0.15) is 5.82 Å². The van der Waals surface area contributed by atoms with E-state index in [0.717, 1.165) is 6.42 Å². The summed E-state index contributed by atoms with van der Waals surface area (Å²) in [6.07, 6.45) is 0.946. The van der Waals surface area contributed by atoms with Crippen LogP contribution in [0.25, 0.3) is 0 Å². The number of carbonyl (C=O) groups is 2. The van der Waals surface area contributed by atoms with Crippen LogP contribution < -0.4 is 10.2 Å². The van der Waals surface area contributed by atoms with Crippen molar-refractivity contribution in [2.45, 2.75) is 34.1 Å². The van der Waals surface area contributed by atoms with Gasteiger partial charge in [0.25, 0.3) is 0 Å². The Morgan fingerprint density at radius 1 is 1.15 bits per heavy atom. The predicted octanol–water partition coefficient (Wildman–Crippen LogP) is 2.70. The maximum atomic E-state index is 14.3. The number of rotatable bonds is 6. The second-order valence-corrected chi connectivity index (χ2v) is 8.15. The van der Waals surface area contributed by atoms with Gasteiger partial charge < -0.3 is 10.2 Å². The second kappa shape index (κ2) is 8.62. The van der Waals surface area contributed by atoms with Crippen molar-refractivity contribution in [3.05, 3.63) is 29.6 Å². The van der Waals surface area contributed by atoms with Crippen LogP contribution in [0.4, 0.5) is 10.1 Å². The van der Waals surface area contributed by atoms with Gasteiger partial charge in [-0.05, 0) is 37.0 Å². The summed E-state index contributed by atoms with van der Waals surface area (Å²) in [6.45, 7) is 11.7. The SMILES string of the molecule is CC(=O)c1ccc(N2CCN(CC(=O)NCCC(C)(C)C)CC2)c(F)c1. The Kier molecular flexibility index (Phi) is 6.75. The summed E-state index contributed by atoms with van der Waals surface area (Å²) >= 11 is 0. The van der Waals surface area contributed by atoms with Gasteiger partial charge in [-0.3, -0.25) is 14.5 Å². The molecule has 1 fully saturated rings. The van der Waals surface area contributed by atoms with Crippen LogP contribution in [0.3, 0.4) is 0 Å². The minimum Gasteiger partial charge on any atom is -0.367 e. The highest BCUT2D eigenvalue weighted by atomic mass is 19.1. The number of hydrogen-bond donors (Lipinski definition) is 1. The molecule has 6 heteroatoms. The minimum atomic E-state index is -0.369. The molecule has 1 aromatic rings. The summed E-state index contributed by atoms with van der Waals surface area (Å²) in [5.41, 5.74) is 1.11. The Morgan fingerprint density at radius 3 is 2.35 bits per heavy atom. The van der Waals surface area contributed by atoms with E-state index in [4.69, 9.17) is 0 Å². The molecule has 0 aliphatic carbocycles. The molecule has 1 N–H and O–H groups in total. The van der Waals surface area contributed by atoms with E-state index < -0.39 is 0 Å². The molecule has 1 saturated heterocycles. The van der Waals surface area contributed by atoms with Crippen LogP contribution in [0.5, 0.6) is 0 Å². The summed E-state index contributed by atoms with van der Waals surface area (Å²) in [6, 6.07) is 4.63. The molecule has 1 amide bonds. The predicted molar refractivity (Wildman–Crippen MR) is 102 cm³/mol. The fourth-order valence-electron chi connectivity index (χ4n) is 2.97. The van der Waals surface area contributed by atoms with E-state index in [-0.39, 0.29) is 22.9 Å². The summed E-state index contributed by atoms with van der Waals surface area (Å²) in [4.78, 5) is 27.4. The van der Waals surface area contributed by atoms with Crippen molar-refractivity contribution >= 4 is 17.4 Å². The van der Waals surface area contributed by atoms with Crippen LogP contribution in [0.15, 0.2) is 18.2 Å². The molecule has 0 saturated carbocycles. The number of nitrogens with zero attached hydrogens (tertiary/aromatic N) is 2. The molecule has 0 atom stereocenters. The number of hydrogen-bond acceptors (Lipinski definition) is 4. The average Bonchev–Trinajstić information content (AvgIpc) is 2.54. The van der Waals surface area contributed by atoms with E-state index >= 15 is 0 Å². The van der Waals surface area contributed by atoms with E-state index in [2.05, 4.69) is 31.0 Å². The lowest BCUT2D eigenvalue weighted by Crippen LogP contribution is -2.49. The third-order valence-electron chi connectivity index (χ3n) is 4.63. The number of benzene rings is 1.